The summed E-state index contributed by atoms with van der Waals surface area (Å²) in [5.74, 6) is -1.14. The molecule has 0 unspecified atom stereocenters. The summed E-state index contributed by atoms with van der Waals surface area (Å²) in [6.45, 7) is 0.536. The number of anilines is 1. The number of nitrogens with one attached hydrogen (secondary N) is 2. The quantitative estimate of drug-likeness (QED) is 0.589. The van der Waals surface area contributed by atoms with Crippen molar-refractivity contribution < 1.29 is 14.3 Å². The summed E-state index contributed by atoms with van der Waals surface area (Å²) in [4.78, 5) is 26.5. The molecule has 2 amide bonds. The summed E-state index contributed by atoms with van der Waals surface area (Å²) >= 11 is 0. The van der Waals surface area contributed by atoms with Gasteiger partial charge in [-0.1, -0.05) is 0 Å². The lowest BCUT2D eigenvalue weighted by Gasteiger charge is -2.06. The molecule has 0 aliphatic rings. The Hall–Kier alpha value is -2.15. The predicted molar refractivity (Wildman–Crippen MR) is 61.5 cm³/mol. The zero-order valence-corrected chi connectivity index (χ0v) is 9.40. The van der Waals surface area contributed by atoms with Crippen molar-refractivity contribution in [2.24, 2.45) is 5.73 Å². The van der Waals surface area contributed by atoms with Crippen LogP contribution >= 0.6 is 0 Å². The number of hydrogen-bond donors (Lipinski definition) is 3. The molecule has 7 nitrogen and oxygen atoms in total. The van der Waals surface area contributed by atoms with Crippen molar-refractivity contribution in [1.29, 1.82) is 0 Å². The largest absolute Gasteiger partial charge is 0.481 e. The van der Waals surface area contributed by atoms with Gasteiger partial charge in [0.15, 0.2) is 0 Å². The summed E-state index contributed by atoms with van der Waals surface area (Å²) in [6.07, 6.45) is 1.46. The Morgan fingerprint density at radius 1 is 1.47 bits per heavy atom. The van der Waals surface area contributed by atoms with Crippen molar-refractivity contribution >= 4 is 17.5 Å². The van der Waals surface area contributed by atoms with Crippen molar-refractivity contribution in [3.8, 4) is 5.88 Å². The highest BCUT2D eigenvalue weighted by Crippen LogP contribution is 2.12. The second kappa shape index (κ2) is 6.44. The number of amides is 2. The fourth-order valence-corrected chi connectivity index (χ4v) is 1.05. The van der Waals surface area contributed by atoms with Gasteiger partial charge in [0.2, 0.25) is 5.88 Å². The van der Waals surface area contributed by atoms with E-state index in [0.29, 0.717) is 11.6 Å². The number of methoxy groups -OCH3 is 1. The van der Waals surface area contributed by atoms with Crippen LogP contribution in [0.15, 0.2) is 18.3 Å². The molecule has 1 aromatic rings. The summed E-state index contributed by atoms with van der Waals surface area (Å²) in [5, 5.41) is 4.77. The van der Waals surface area contributed by atoms with Gasteiger partial charge in [0.1, 0.15) is 0 Å². The minimum atomic E-state index is -0.758. The summed E-state index contributed by atoms with van der Waals surface area (Å²) in [6, 6.07) is 3.06. The third kappa shape index (κ3) is 4.07. The maximum atomic E-state index is 11.4. The normalized spacial score (nSPS) is 9.53. The Bertz CT molecular complexity index is 408. The molecule has 0 fully saturated rings. The van der Waals surface area contributed by atoms with Crippen molar-refractivity contribution in [2.45, 2.75) is 0 Å². The van der Waals surface area contributed by atoms with Gasteiger partial charge in [-0.3, -0.25) is 9.59 Å². The molecule has 0 aliphatic carbocycles. The lowest BCUT2D eigenvalue weighted by molar-refractivity contribution is -0.136. The van der Waals surface area contributed by atoms with Gasteiger partial charge < -0.3 is 21.1 Å². The first-order chi connectivity index (χ1) is 8.17. The zero-order valence-electron chi connectivity index (χ0n) is 9.40. The van der Waals surface area contributed by atoms with Crippen LogP contribution in [-0.2, 0) is 9.59 Å². The molecule has 0 saturated heterocycles. The highest BCUT2D eigenvalue weighted by atomic mass is 16.5. The number of ether oxygens (including phenoxy) is 1. The number of carbonyl (C=O) groups is 2. The molecule has 7 heteroatoms. The van der Waals surface area contributed by atoms with E-state index in [0.717, 1.165) is 0 Å². The van der Waals surface area contributed by atoms with Crippen molar-refractivity contribution in [3.05, 3.63) is 18.3 Å². The van der Waals surface area contributed by atoms with Crippen LogP contribution in [0, 0.1) is 0 Å². The molecule has 1 heterocycles. The first-order valence-electron chi connectivity index (χ1n) is 4.96. The maximum absolute atomic E-state index is 11.4. The van der Waals surface area contributed by atoms with E-state index in [9.17, 15) is 9.59 Å². The number of aromatic nitrogens is 1. The SMILES string of the molecule is COc1cc(NC(=O)C(=O)NCCN)ccn1. The number of nitrogens with two attached hydrogens (primary N) is 1. The minimum Gasteiger partial charge on any atom is -0.481 e. The first kappa shape index (κ1) is 12.9. The van der Waals surface area contributed by atoms with Crippen molar-refractivity contribution in [3.63, 3.8) is 0 Å². The number of rotatable bonds is 4. The molecular weight excluding hydrogens is 224 g/mol. The molecule has 92 valence electrons. The second-order valence-electron chi connectivity index (χ2n) is 3.09. The van der Waals surface area contributed by atoms with E-state index < -0.39 is 11.8 Å². The van der Waals surface area contributed by atoms with Gasteiger partial charge in [0.25, 0.3) is 0 Å². The Labute approximate surface area is 98.4 Å². The minimum absolute atomic E-state index is 0.256. The van der Waals surface area contributed by atoms with E-state index in [4.69, 9.17) is 10.5 Å². The molecular formula is C10H14N4O3. The molecule has 0 spiro atoms. The maximum Gasteiger partial charge on any atom is 0.313 e. The second-order valence-corrected chi connectivity index (χ2v) is 3.09. The van der Waals surface area contributed by atoms with Crippen molar-refractivity contribution in [1.82, 2.24) is 10.3 Å². The standard InChI is InChI=1S/C10H14N4O3/c1-17-8-6-7(2-4-12-8)14-10(16)9(15)13-5-3-11/h2,4,6H,3,5,11H2,1H3,(H,13,15)(H,12,14,16). The van der Waals surface area contributed by atoms with Crippen molar-refractivity contribution in [2.75, 3.05) is 25.5 Å². The van der Waals surface area contributed by atoms with E-state index in [-0.39, 0.29) is 13.1 Å². The van der Waals surface area contributed by atoms with Gasteiger partial charge in [0.05, 0.1) is 7.11 Å². The molecule has 0 bridgehead atoms. The van der Waals surface area contributed by atoms with Crippen LogP contribution in [0.4, 0.5) is 5.69 Å². The average Bonchev–Trinajstić information content (AvgIpc) is 2.36. The third-order valence-corrected chi connectivity index (χ3v) is 1.84. The van der Waals surface area contributed by atoms with Gasteiger partial charge in [-0.05, 0) is 6.07 Å². The van der Waals surface area contributed by atoms with E-state index in [1.807, 2.05) is 0 Å². The Morgan fingerprint density at radius 2 is 2.24 bits per heavy atom. The van der Waals surface area contributed by atoms with Gasteiger partial charge in [0, 0.05) is 31.0 Å². The molecule has 1 aromatic heterocycles. The third-order valence-electron chi connectivity index (χ3n) is 1.84. The molecule has 4 N–H and O–H groups in total. The van der Waals surface area contributed by atoms with Gasteiger partial charge >= 0.3 is 11.8 Å². The molecule has 1 rings (SSSR count). The Morgan fingerprint density at radius 3 is 2.88 bits per heavy atom. The first-order valence-corrected chi connectivity index (χ1v) is 4.96. The summed E-state index contributed by atoms with van der Waals surface area (Å²) < 4.78 is 4.88. The molecule has 0 aliphatic heterocycles. The molecule has 0 aromatic carbocycles. The van der Waals surface area contributed by atoms with Crippen LogP contribution in [0.25, 0.3) is 0 Å². The number of carbonyl (C=O) groups excluding carboxylic acids is 2. The van der Waals surface area contributed by atoms with E-state index in [1.54, 1.807) is 6.07 Å². The highest BCUT2D eigenvalue weighted by molar-refractivity contribution is 6.39. The fraction of sp³-hybridized carbons (Fsp3) is 0.300. The average molecular weight is 238 g/mol. The summed E-state index contributed by atoms with van der Waals surface area (Å²) in [7, 11) is 1.46. The van der Waals surface area contributed by atoms with E-state index in [1.165, 1.54) is 19.4 Å². The lowest BCUT2D eigenvalue weighted by Crippen LogP contribution is -2.37. The van der Waals surface area contributed by atoms with Gasteiger partial charge in [-0.15, -0.1) is 0 Å². The number of pyridine rings is 1. The lowest BCUT2D eigenvalue weighted by atomic mass is 10.4. The van der Waals surface area contributed by atoms with Crippen LogP contribution in [0.2, 0.25) is 0 Å². The Balaban J connectivity index is 2.58. The molecule has 0 saturated carbocycles. The Kier molecular flexibility index (Phi) is 4.89. The summed E-state index contributed by atoms with van der Waals surface area (Å²) in [5.41, 5.74) is 5.63. The topological polar surface area (TPSA) is 106 Å². The van der Waals surface area contributed by atoms with E-state index in [2.05, 4.69) is 15.6 Å². The zero-order chi connectivity index (χ0) is 12.7. The van der Waals surface area contributed by atoms with Gasteiger partial charge in [-0.2, -0.15) is 0 Å². The van der Waals surface area contributed by atoms with Crippen LogP contribution in [0.1, 0.15) is 0 Å². The number of hydrogen-bond acceptors (Lipinski definition) is 5. The van der Waals surface area contributed by atoms with Gasteiger partial charge in [-0.25, -0.2) is 4.98 Å². The smallest absolute Gasteiger partial charge is 0.313 e. The fourth-order valence-electron chi connectivity index (χ4n) is 1.05. The van der Waals surface area contributed by atoms with E-state index >= 15 is 0 Å². The van der Waals surface area contributed by atoms with Crippen LogP contribution < -0.4 is 21.1 Å². The molecule has 0 radical (unpaired) electrons. The van der Waals surface area contributed by atoms with Crippen LogP contribution in [-0.4, -0.2) is 37.0 Å². The molecule has 0 atom stereocenters. The highest BCUT2D eigenvalue weighted by Gasteiger charge is 2.12. The van der Waals surface area contributed by atoms with Crippen LogP contribution in [0.5, 0.6) is 5.88 Å². The monoisotopic (exact) mass is 238 g/mol. The number of nitrogens with zero attached hydrogens (tertiary/aromatic N) is 1. The predicted octanol–water partition coefficient (Wildman–Crippen LogP) is -0.896. The molecule has 17 heavy (non-hydrogen) atoms. The van der Waals surface area contributed by atoms with Crippen LogP contribution in [0.3, 0.4) is 0 Å².